The SMILES string of the molecule is NCC1(C(O)c2cccc(Cl)c2F)CCCCCCC1. The molecule has 1 atom stereocenters. The third kappa shape index (κ3) is 3.16. The number of aliphatic hydroxyl groups excluding tert-OH is 1. The van der Waals surface area contributed by atoms with Crippen molar-refractivity contribution >= 4 is 11.6 Å². The zero-order chi connectivity index (χ0) is 14.6. The Morgan fingerprint density at radius 3 is 2.40 bits per heavy atom. The molecule has 2 nitrogen and oxygen atoms in total. The van der Waals surface area contributed by atoms with Gasteiger partial charge in [0.2, 0.25) is 0 Å². The van der Waals surface area contributed by atoms with Crippen molar-refractivity contribution in [1.29, 1.82) is 0 Å². The number of halogens is 2. The van der Waals surface area contributed by atoms with Crippen LogP contribution >= 0.6 is 11.6 Å². The summed E-state index contributed by atoms with van der Waals surface area (Å²) in [7, 11) is 0. The zero-order valence-electron chi connectivity index (χ0n) is 11.7. The lowest BCUT2D eigenvalue weighted by Crippen LogP contribution is -2.38. The number of rotatable bonds is 3. The van der Waals surface area contributed by atoms with Crippen molar-refractivity contribution in [2.75, 3.05) is 6.54 Å². The Bertz CT molecular complexity index is 444. The molecule has 3 N–H and O–H groups in total. The Labute approximate surface area is 125 Å². The molecule has 1 aliphatic rings. The third-order valence-corrected chi connectivity index (χ3v) is 4.90. The molecule has 1 saturated carbocycles. The van der Waals surface area contributed by atoms with Crippen LogP contribution in [0.1, 0.15) is 56.6 Å². The minimum Gasteiger partial charge on any atom is -0.388 e. The minimum atomic E-state index is -0.885. The van der Waals surface area contributed by atoms with Gasteiger partial charge < -0.3 is 10.8 Å². The second kappa shape index (κ2) is 6.88. The third-order valence-electron chi connectivity index (χ3n) is 4.61. The number of aliphatic hydroxyl groups is 1. The number of hydrogen-bond donors (Lipinski definition) is 2. The van der Waals surface area contributed by atoms with E-state index in [0.717, 1.165) is 38.5 Å². The topological polar surface area (TPSA) is 46.2 Å². The minimum absolute atomic E-state index is 0.0552. The maximum Gasteiger partial charge on any atom is 0.147 e. The molecule has 0 saturated heterocycles. The molecule has 20 heavy (non-hydrogen) atoms. The van der Waals surface area contributed by atoms with Gasteiger partial charge in [0.15, 0.2) is 0 Å². The molecule has 112 valence electrons. The van der Waals surface area contributed by atoms with Crippen LogP contribution in [0.4, 0.5) is 4.39 Å². The van der Waals surface area contributed by atoms with Crippen molar-refractivity contribution in [2.24, 2.45) is 11.1 Å². The molecule has 0 aromatic heterocycles. The van der Waals surface area contributed by atoms with Crippen molar-refractivity contribution in [2.45, 2.75) is 51.0 Å². The molecule has 1 aromatic rings. The second-order valence-electron chi connectivity index (χ2n) is 5.88. The van der Waals surface area contributed by atoms with E-state index in [1.807, 2.05) is 0 Å². The fourth-order valence-electron chi connectivity index (χ4n) is 3.26. The normalized spacial score (nSPS) is 21.0. The summed E-state index contributed by atoms with van der Waals surface area (Å²) in [6.07, 6.45) is 6.44. The average molecular weight is 300 g/mol. The maximum atomic E-state index is 14.2. The molecular weight excluding hydrogens is 277 g/mol. The summed E-state index contributed by atoms with van der Waals surface area (Å²) >= 11 is 5.83. The van der Waals surface area contributed by atoms with E-state index in [1.165, 1.54) is 12.5 Å². The smallest absolute Gasteiger partial charge is 0.147 e. The molecule has 0 amide bonds. The predicted octanol–water partition coefficient (Wildman–Crippen LogP) is 4.20. The summed E-state index contributed by atoms with van der Waals surface area (Å²) in [6.45, 7) is 0.375. The highest BCUT2D eigenvalue weighted by atomic mass is 35.5. The van der Waals surface area contributed by atoms with Crippen molar-refractivity contribution in [3.63, 3.8) is 0 Å². The lowest BCUT2D eigenvalue weighted by Gasteiger charge is -2.39. The van der Waals surface area contributed by atoms with Crippen LogP contribution in [0.25, 0.3) is 0 Å². The summed E-state index contributed by atoms with van der Waals surface area (Å²) in [4.78, 5) is 0. The molecule has 1 aromatic carbocycles. The average Bonchev–Trinajstić information content (AvgIpc) is 2.42. The molecular formula is C16H23ClFNO. The number of hydrogen-bond acceptors (Lipinski definition) is 2. The van der Waals surface area contributed by atoms with Gasteiger partial charge >= 0.3 is 0 Å². The van der Waals surface area contributed by atoms with Crippen LogP contribution < -0.4 is 5.73 Å². The fraction of sp³-hybridized carbons (Fsp3) is 0.625. The Morgan fingerprint density at radius 2 is 1.80 bits per heavy atom. The Balaban J connectivity index is 2.31. The van der Waals surface area contributed by atoms with Crippen LogP contribution in [0.3, 0.4) is 0 Å². The van der Waals surface area contributed by atoms with Gasteiger partial charge in [-0.05, 0) is 18.9 Å². The van der Waals surface area contributed by atoms with Gasteiger partial charge in [-0.25, -0.2) is 4.39 Å². The van der Waals surface area contributed by atoms with E-state index in [1.54, 1.807) is 12.1 Å². The molecule has 0 heterocycles. The first-order valence-corrected chi connectivity index (χ1v) is 7.80. The van der Waals surface area contributed by atoms with Crippen molar-refractivity contribution < 1.29 is 9.50 Å². The summed E-state index contributed by atoms with van der Waals surface area (Å²) in [5.41, 5.74) is 5.83. The van der Waals surface area contributed by atoms with Gasteiger partial charge in [-0.15, -0.1) is 0 Å². The largest absolute Gasteiger partial charge is 0.388 e. The van der Waals surface area contributed by atoms with Gasteiger partial charge in [0.1, 0.15) is 5.82 Å². The second-order valence-corrected chi connectivity index (χ2v) is 6.29. The van der Waals surface area contributed by atoms with Gasteiger partial charge in [-0.3, -0.25) is 0 Å². The van der Waals surface area contributed by atoms with Crippen molar-refractivity contribution in [1.82, 2.24) is 0 Å². The van der Waals surface area contributed by atoms with E-state index in [4.69, 9.17) is 17.3 Å². The highest BCUT2D eigenvalue weighted by molar-refractivity contribution is 6.30. The highest BCUT2D eigenvalue weighted by Crippen LogP contribution is 2.44. The lowest BCUT2D eigenvalue weighted by atomic mass is 9.70. The van der Waals surface area contributed by atoms with E-state index in [-0.39, 0.29) is 10.6 Å². The van der Waals surface area contributed by atoms with Gasteiger partial charge in [0.05, 0.1) is 11.1 Å². The molecule has 0 bridgehead atoms. The van der Waals surface area contributed by atoms with Crippen LogP contribution in [-0.4, -0.2) is 11.7 Å². The quantitative estimate of drug-likeness (QED) is 0.878. The van der Waals surface area contributed by atoms with E-state index in [2.05, 4.69) is 0 Å². The molecule has 1 fully saturated rings. The molecule has 4 heteroatoms. The number of nitrogens with two attached hydrogens (primary N) is 1. The van der Waals surface area contributed by atoms with Gasteiger partial charge in [-0.1, -0.05) is 55.8 Å². The molecule has 1 unspecified atom stereocenters. The monoisotopic (exact) mass is 299 g/mol. The Hall–Kier alpha value is -0.640. The van der Waals surface area contributed by atoms with Crippen LogP contribution in [0, 0.1) is 11.2 Å². The summed E-state index contributed by atoms with van der Waals surface area (Å²) in [6, 6.07) is 4.79. The zero-order valence-corrected chi connectivity index (χ0v) is 12.5. The highest BCUT2D eigenvalue weighted by Gasteiger charge is 2.38. The summed E-state index contributed by atoms with van der Waals surface area (Å²) in [5, 5.41) is 10.8. The van der Waals surface area contributed by atoms with E-state index < -0.39 is 17.3 Å². The van der Waals surface area contributed by atoms with Crippen LogP contribution in [0.5, 0.6) is 0 Å². The van der Waals surface area contributed by atoms with Crippen LogP contribution in [0.2, 0.25) is 5.02 Å². The molecule has 0 aliphatic heterocycles. The molecule has 1 aliphatic carbocycles. The maximum absolute atomic E-state index is 14.2. The van der Waals surface area contributed by atoms with Crippen molar-refractivity contribution in [3.05, 3.63) is 34.6 Å². The van der Waals surface area contributed by atoms with Crippen LogP contribution in [-0.2, 0) is 0 Å². The van der Waals surface area contributed by atoms with Gasteiger partial charge in [-0.2, -0.15) is 0 Å². The molecule has 2 rings (SSSR count). The van der Waals surface area contributed by atoms with E-state index >= 15 is 0 Å². The van der Waals surface area contributed by atoms with Gasteiger partial charge in [0, 0.05) is 17.5 Å². The first kappa shape index (κ1) is 15.7. The predicted molar refractivity (Wildman–Crippen MR) is 80.2 cm³/mol. The van der Waals surface area contributed by atoms with E-state index in [0.29, 0.717) is 6.54 Å². The standard InChI is InChI=1S/C16H23ClFNO/c17-13-8-6-7-12(14(13)18)15(20)16(11-19)9-4-2-1-3-5-10-16/h6-8,15,20H,1-5,9-11,19H2. The van der Waals surface area contributed by atoms with E-state index in [9.17, 15) is 9.50 Å². The lowest BCUT2D eigenvalue weighted by molar-refractivity contribution is 0.00616. The molecule has 0 spiro atoms. The van der Waals surface area contributed by atoms with Crippen LogP contribution in [0.15, 0.2) is 18.2 Å². The number of benzene rings is 1. The summed E-state index contributed by atoms with van der Waals surface area (Å²) in [5.74, 6) is -0.517. The Morgan fingerprint density at radius 1 is 1.20 bits per heavy atom. The van der Waals surface area contributed by atoms with Gasteiger partial charge in [0.25, 0.3) is 0 Å². The Kier molecular flexibility index (Phi) is 5.42. The molecule has 0 radical (unpaired) electrons. The summed E-state index contributed by atoms with van der Waals surface area (Å²) < 4.78 is 14.2. The fourth-order valence-corrected chi connectivity index (χ4v) is 3.44. The first-order valence-electron chi connectivity index (χ1n) is 7.43. The van der Waals surface area contributed by atoms with Crippen molar-refractivity contribution in [3.8, 4) is 0 Å². The first-order chi connectivity index (χ1) is 9.60.